The van der Waals surface area contributed by atoms with E-state index in [4.69, 9.17) is 0 Å². The zero-order chi connectivity index (χ0) is 8.23. The van der Waals surface area contributed by atoms with Gasteiger partial charge in [-0.05, 0) is 5.92 Å². The van der Waals surface area contributed by atoms with E-state index in [-0.39, 0.29) is 20.4 Å². The minimum atomic E-state index is 0. The molecule has 1 aromatic rings. The zero-order valence-corrected chi connectivity index (χ0v) is 8.72. The predicted molar refractivity (Wildman–Crippen MR) is 51.8 cm³/mol. The van der Waals surface area contributed by atoms with Crippen molar-refractivity contribution < 1.29 is 20.4 Å². The molecule has 1 aromatic carbocycles. The molecule has 0 aromatic heterocycles. The van der Waals surface area contributed by atoms with Gasteiger partial charge in [0.2, 0.25) is 0 Å². The molecule has 0 N–H and O–H groups in total. The van der Waals surface area contributed by atoms with Gasteiger partial charge in [0.25, 0.3) is 0 Å². The minimum absolute atomic E-state index is 0. The van der Waals surface area contributed by atoms with Gasteiger partial charge in [-0.3, -0.25) is 0 Å². The Morgan fingerprint density at radius 2 is 1.77 bits per heavy atom. The van der Waals surface area contributed by atoms with E-state index in [1.165, 1.54) is 5.56 Å². The molecular formula is C12H11Pd-. The van der Waals surface area contributed by atoms with Crippen molar-refractivity contribution in [3.05, 3.63) is 66.6 Å². The Morgan fingerprint density at radius 3 is 2.38 bits per heavy atom. The summed E-state index contributed by atoms with van der Waals surface area (Å²) in [5.41, 5.74) is 1.36. The Hall–Kier alpha value is -0.768. The first kappa shape index (κ1) is 10.3. The second kappa shape index (κ2) is 5.07. The van der Waals surface area contributed by atoms with Crippen LogP contribution in [-0.2, 0) is 20.4 Å². The van der Waals surface area contributed by atoms with Crippen LogP contribution in [0.25, 0.3) is 0 Å². The topological polar surface area (TPSA) is 0 Å². The fraction of sp³-hybridized carbons (Fsp3) is 0.0833. The summed E-state index contributed by atoms with van der Waals surface area (Å²) in [7, 11) is 0. The smallest absolute Gasteiger partial charge is 0 e. The van der Waals surface area contributed by atoms with E-state index in [9.17, 15) is 0 Å². The molecule has 0 unspecified atom stereocenters. The largest absolute Gasteiger partial charge is 0.227 e. The van der Waals surface area contributed by atoms with E-state index in [0.29, 0.717) is 5.92 Å². The third-order valence-electron chi connectivity index (χ3n) is 2.04. The van der Waals surface area contributed by atoms with Crippen LogP contribution < -0.4 is 0 Å². The summed E-state index contributed by atoms with van der Waals surface area (Å²) < 4.78 is 0. The van der Waals surface area contributed by atoms with Crippen LogP contribution in [0.3, 0.4) is 0 Å². The van der Waals surface area contributed by atoms with E-state index in [1.807, 2.05) is 6.07 Å². The van der Waals surface area contributed by atoms with Gasteiger partial charge in [-0.1, -0.05) is 35.9 Å². The van der Waals surface area contributed by atoms with Crippen molar-refractivity contribution in [2.24, 2.45) is 0 Å². The number of allylic oxidation sites excluding steroid dienone is 4. The van der Waals surface area contributed by atoms with E-state index in [0.717, 1.165) is 0 Å². The first-order valence-corrected chi connectivity index (χ1v) is 4.20. The van der Waals surface area contributed by atoms with Crippen LogP contribution in [-0.4, -0.2) is 0 Å². The molecule has 0 saturated heterocycles. The summed E-state index contributed by atoms with van der Waals surface area (Å²) in [6, 6.07) is 10.5. The molecule has 1 aliphatic carbocycles. The number of hydrogen-bond acceptors (Lipinski definition) is 0. The Labute approximate surface area is 93.0 Å². The van der Waals surface area contributed by atoms with Gasteiger partial charge >= 0.3 is 0 Å². The van der Waals surface area contributed by atoms with Crippen molar-refractivity contribution in [1.82, 2.24) is 0 Å². The average Bonchev–Trinajstić information content (AvgIpc) is 2.21. The molecule has 1 atom stereocenters. The van der Waals surface area contributed by atoms with Crippen molar-refractivity contribution in [1.29, 1.82) is 0 Å². The fourth-order valence-electron chi connectivity index (χ4n) is 1.39. The summed E-state index contributed by atoms with van der Waals surface area (Å²) in [5.74, 6) is 0.469. The molecule has 0 aliphatic heterocycles. The Bertz CT molecular complexity index is 298. The van der Waals surface area contributed by atoms with E-state index >= 15 is 0 Å². The van der Waals surface area contributed by atoms with E-state index in [1.54, 1.807) is 0 Å². The van der Waals surface area contributed by atoms with Crippen LogP contribution in [0.5, 0.6) is 0 Å². The molecule has 0 saturated carbocycles. The maximum atomic E-state index is 2.20. The molecule has 0 nitrogen and oxygen atoms in total. The normalized spacial score (nSPS) is 18.9. The second-order valence-corrected chi connectivity index (χ2v) is 2.90. The standard InChI is InChI=1S/C12H11.Pd/c1-3-7-11(8-4-1)12-9-5-2-6-10-12;/h1-11H;/q-1;. The second-order valence-electron chi connectivity index (χ2n) is 2.90. The van der Waals surface area contributed by atoms with Crippen LogP contribution in [0.2, 0.25) is 0 Å². The Morgan fingerprint density at radius 1 is 1.00 bits per heavy atom. The average molecular weight is 262 g/mol. The van der Waals surface area contributed by atoms with Crippen molar-refractivity contribution in [2.75, 3.05) is 0 Å². The maximum absolute atomic E-state index is 2.20. The van der Waals surface area contributed by atoms with Crippen LogP contribution in [0.15, 0.2) is 54.6 Å². The fourth-order valence-corrected chi connectivity index (χ4v) is 1.39. The number of rotatable bonds is 1. The molecule has 0 heterocycles. The molecular weight excluding hydrogens is 251 g/mol. The van der Waals surface area contributed by atoms with Gasteiger partial charge in [0.15, 0.2) is 0 Å². The van der Waals surface area contributed by atoms with Crippen LogP contribution >= 0.6 is 0 Å². The predicted octanol–water partition coefficient (Wildman–Crippen LogP) is 3.10. The zero-order valence-electron chi connectivity index (χ0n) is 7.17. The SMILES string of the molecule is C1=C[CH-][C@H](c2ccccc2)C=C1.[Pd]. The van der Waals surface area contributed by atoms with Gasteiger partial charge in [-0.15, -0.1) is 12.2 Å². The number of hydrogen-bond donors (Lipinski definition) is 0. The van der Waals surface area contributed by atoms with Gasteiger partial charge in [-0.25, -0.2) is 18.6 Å². The van der Waals surface area contributed by atoms with Crippen LogP contribution in [0, 0.1) is 6.42 Å². The van der Waals surface area contributed by atoms with Crippen molar-refractivity contribution in [3.63, 3.8) is 0 Å². The first-order valence-electron chi connectivity index (χ1n) is 4.20. The van der Waals surface area contributed by atoms with Gasteiger partial charge < -0.3 is 0 Å². The van der Waals surface area contributed by atoms with E-state index < -0.39 is 0 Å². The van der Waals surface area contributed by atoms with Gasteiger partial charge in [-0.2, -0.15) is 0 Å². The van der Waals surface area contributed by atoms with Crippen molar-refractivity contribution >= 4 is 0 Å². The quantitative estimate of drug-likeness (QED) is 0.538. The van der Waals surface area contributed by atoms with Crippen molar-refractivity contribution in [2.45, 2.75) is 5.92 Å². The van der Waals surface area contributed by atoms with Crippen LogP contribution in [0.1, 0.15) is 11.5 Å². The molecule has 13 heavy (non-hydrogen) atoms. The minimum Gasteiger partial charge on any atom is -0.227 e. The molecule has 0 spiro atoms. The summed E-state index contributed by atoms with van der Waals surface area (Å²) >= 11 is 0. The Kier molecular flexibility index (Phi) is 4.02. The number of benzene rings is 1. The molecule has 0 radical (unpaired) electrons. The summed E-state index contributed by atoms with van der Waals surface area (Å²) in [6.45, 7) is 0. The summed E-state index contributed by atoms with van der Waals surface area (Å²) in [6.07, 6.45) is 10.7. The summed E-state index contributed by atoms with van der Waals surface area (Å²) in [4.78, 5) is 0. The monoisotopic (exact) mass is 261 g/mol. The van der Waals surface area contributed by atoms with Crippen molar-refractivity contribution in [3.8, 4) is 0 Å². The van der Waals surface area contributed by atoms with Gasteiger partial charge in [0, 0.05) is 20.4 Å². The molecule has 0 amide bonds. The third kappa shape index (κ3) is 2.59. The molecule has 70 valence electrons. The molecule has 2 rings (SSSR count). The van der Waals surface area contributed by atoms with Crippen LogP contribution in [0.4, 0.5) is 0 Å². The molecule has 1 heteroatoms. The summed E-state index contributed by atoms with van der Waals surface area (Å²) in [5, 5.41) is 0. The molecule has 1 aliphatic rings. The van der Waals surface area contributed by atoms with Gasteiger partial charge in [0.05, 0.1) is 0 Å². The first-order chi connectivity index (χ1) is 5.97. The Balaban J connectivity index is 0.000000845. The maximum Gasteiger partial charge on any atom is 0 e. The third-order valence-corrected chi connectivity index (χ3v) is 2.04. The molecule has 0 bridgehead atoms. The van der Waals surface area contributed by atoms with E-state index in [2.05, 4.69) is 55.0 Å². The van der Waals surface area contributed by atoms with Gasteiger partial charge in [0.1, 0.15) is 0 Å². The molecule has 0 fully saturated rings.